The maximum absolute atomic E-state index is 5.41. The highest BCUT2D eigenvalue weighted by molar-refractivity contribution is 5.43. The summed E-state index contributed by atoms with van der Waals surface area (Å²) in [6.07, 6.45) is 3.17. The Morgan fingerprint density at radius 2 is 2.26 bits per heavy atom. The Balaban J connectivity index is 1.50. The van der Waals surface area contributed by atoms with Crippen LogP contribution < -0.4 is 5.32 Å². The maximum atomic E-state index is 5.41. The zero-order valence-corrected chi connectivity index (χ0v) is 10.8. The fourth-order valence-electron chi connectivity index (χ4n) is 3.12. The molecule has 2 unspecified atom stereocenters. The Hall–Kier alpha value is -1.68. The van der Waals surface area contributed by atoms with Crippen LogP contribution in [0.4, 0.5) is 0 Å². The average Bonchev–Trinajstić information content (AvgIpc) is 3.04. The van der Waals surface area contributed by atoms with Gasteiger partial charge in [0.2, 0.25) is 5.89 Å². The van der Waals surface area contributed by atoms with Gasteiger partial charge in [-0.2, -0.15) is 4.98 Å². The third-order valence-electron chi connectivity index (χ3n) is 4.28. The van der Waals surface area contributed by atoms with Gasteiger partial charge in [-0.1, -0.05) is 29.4 Å². The van der Waals surface area contributed by atoms with Crippen LogP contribution in [0.5, 0.6) is 0 Å². The van der Waals surface area contributed by atoms with Gasteiger partial charge in [0.15, 0.2) is 5.82 Å². The summed E-state index contributed by atoms with van der Waals surface area (Å²) in [6.45, 7) is 2.19. The molecule has 0 saturated carbocycles. The predicted molar refractivity (Wildman–Crippen MR) is 71.0 cm³/mol. The smallest absolute Gasteiger partial charge is 0.226 e. The summed E-state index contributed by atoms with van der Waals surface area (Å²) in [6, 6.07) is 8.51. The zero-order chi connectivity index (χ0) is 12.7. The molecule has 2 heterocycles. The molecule has 1 fully saturated rings. The van der Waals surface area contributed by atoms with Crippen LogP contribution in [0.2, 0.25) is 0 Å². The molecule has 4 heteroatoms. The lowest BCUT2D eigenvalue weighted by atomic mass is 9.77. The lowest BCUT2D eigenvalue weighted by molar-refractivity contribution is 0.351. The minimum atomic E-state index is 0.343. The molecule has 1 aliphatic carbocycles. The van der Waals surface area contributed by atoms with Crippen molar-refractivity contribution in [3.05, 3.63) is 47.1 Å². The van der Waals surface area contributed by atoms with Crippen LogP contribution >= 0.6 is 0 Å². The molecule has 0 radical (unpaired) electrons. The van der Waals surface area contributed by atoms with E-state index in [2.05, 4.69) is 39.7 Å². The van der Waals surface area contributed by atoms with Crippen molar-refractivity contribution in [3.63, 3.8) is 0 Å². The number of nitrogens with zero attached hydrogens (tertiary/aromatic N) is 2. The van der Waals surface area contributed by atoms with Crippen molar-refractivity contribution in [2.45, 2.75) is 25.2 Å². The molecular formula is C15H17N3O. The van der Waals surface area contributed by atoms with Gasteiger partial charge in [-0.05, 0) is 43.0 Å². The van der Waals surface area contributed by atoms with E-state index in [1.165, 1.54) is 17.5 Å². The summed E-state index contributed by atoms with van der Waals surface area (Å²) >= 11 is 0. The molecule has 98 valence electrons. The van der Waals surface area contributed by atoms with Crippen molar-refractivity contribution >= 4 is 0 Å². The van der Waals surface area contributed by atoms with Gasteiger partial charge in [0.1, 0.15) is 0 Å². The Labute approximate surface area is 112 Å². The normalized spacial score (nSPS) is 25.1. The SMILES string of the molecule is c1ccc2c(c1)CC2c1noc(CC2CCNC2)n1. The van der Waals surface area contributed by atoms with Crippen LogP contribution in [-0.4, -0.2) is 23.2 Å². The van der Waals surface area contributed by atoms with Crippen LogP contribution in [0.15, 0.2) is 28.8 Å². The topological polar surface area (TPSA) is 51.0 Å². The van der Waals surface area contributed by atoms with Crippen LogP contribution in [0.3, 0.4) is 0 Å². The molecule has 19 heavy (non-hydrogen) atoms. The number of benzene rings is 1. The molecular weight excluding hydrogens is 238 g/mol. The van der Waals surface area contributed by atoms with Gasteiger partial charge in [0.05, 0.1) is 5.92 Å². The first-order chi connectivity index (χ1) is 9.40. The molecule has 2 aromatic rings. The van der Waals surface area contributed by atoms with E-state index < -0.39 is 0 Å². The van der Waals surface area contributed by atoms with Crippen molar-refractivity contribution in [2.75, 3.05) is 13.1 Å². The fourth-order valence-corrected chi connectivity index (χ4v) is 3.12. The van der Waals surface area contributed by atoms with Crippen LogP contribution in [0.1, 0.15) is 35.2 Å². The Morgan fingerprint density at radius 1 is 1.32 bits per heavy atom. The summed E-state index contributed by atoms with van der Waals surface area (Å²) in [7, 11) is 0. The van der Waals surface area contributed by atoms with Crippen LogP contribution in [0, 0.1) is 5.92 Å². The lowest BCUT2D eigenvalue weighted by Gasteiger charge is -2.27. The third kappa shape index (κ3) is 1.96. The van der Waals surface area contributed by atoms with Crippen LogP contribution in [-0.2, 0) is 12.8 Å². The van der Waals surface area contributed by atoms with Gasteiger partial charge in [0.25, 0.3) is 0 Å². The van der Waals surface area contributed by atoms with E-state index in [1.807, 2.05) is 0 Å². The lowest BCUT2D eigenvalue weighted by Crippen LogP contribution is -2.19. The fraction of sp³-hybridized carbons (Fsp3) is 0.467. The minimum absolute atomic E-state index is 0.343. The first-order valence-electron chi connectivity index (χ1n) is 7.01. The Bertz CT molecular complexity index is 587. The monoisotopic (exact) mass is 255 g/mol. The van der Waals surface area contributed by atoms with Crippen molar-refractivity contribution in [1.29, 1.82) is 0 Å². The second kappa shape index (κ2) is 4.46. The van der Waals surface area contributed by atoms with Gasteiger partial charge in [-0.3, -0.25) is 0 Å². The van der Waals surface area contributed by atoms with Gasteiger partial charge < -0.3 is 9.84 Å². The maximum Gasteiger partial charge on any atom is 0.226 e. The number of nitrogens with one attached hydrogen (secondary N) is 1. The van der Waals surface area contributed by atoms with Gasteiger partial charge in [-0.15, -0.1) is 0 Å². The zero-order valence-electron chi connectivity index (χ0n) is 10.8. The quantitative estimate of drug-likeness (QED) is 0.910. The molecule has 1 N–H and O–H groups in total. The Morgan fingerprint density at radius 3 is 3.11 bits per heavy atom. The molecule has 0 bridgehead atoms. The second-order valence-corrected chi connectivity index (χ2v) is 5.56. The standard InChI is InChI=1S/C15H17N3O/c1-2-4-12-11(3-1)8-13(12)15-17-14(19-18-15)7-10-5-6-16-9-10/h1-4,10,13,16H,5-9H2. The Kier molecular flexibility index (Phi) is 2.62. The predicted octanol–water partition coefficient (Wildman–Crippen LogP) is 1.91. The van der Waals surface area contributed by atoms with E-state index in [0.29, 0.717) is 11.8 Å². The van der Waals surface area contributed by atoms with Gasteiger partial charge in [-0.25, -0.2) is 0 Å². The highest BCUT2D eigenvalue weighted by Gasteiger charge is 2.31. The van der Waals surface area contributed by atoms with Crippen molar-refractivity contribution < 1.29 is 4.52 Å². The molecule has 4 rings (SSSR count). The van der Waals surface area contributed by atoms with Crippen molar-refractivity contribution in [3.8, 4) is 0 Å². The third-order valence-corrected chi connectivity index (χ3v) is 4.28. The molecule has 1 aliphatic heterocycles. The summed E-state index contributed by atoms with van der Waals surface area (Å²) in [5, 5.41) is 7.54. The van der Waals surface area contributed by atoms with E-state index in [-0.39, 0.29) is 0 Å². The van der Waals surface area contributed by atoms with Crippen molar-refractivity contribution in [1.82, 2.24) is 15.5 Å². The largest absolute Gasteiger partial charge is 0.339 e. The number of rotatable bonds is 3. The first-order valence-corrected chi connectivity index (χ1v) is 7.01. The molecule has 0 amide bonds. The molecule has 4 nitrogen and oxygen atoms in total. The number of hydrogen-bond donors (Lipinski definition) is 1. The van der Waals surface area contributed by atoms with Gasteiger partial charge >= 0.3 is 0 Å². The van der Waals surface area contributed by atoms with Crippen LogP contribution in [0.25, 0.3) is 0 Å². The first kappa shape index (κ1) is 11.2. The van der Waals surface area contributed by atoms with E-state index in [4.69, 9.17) is 4.52 Å². The summed E-state index contributed by atoms with van der Waals surface area (Å²) in [4.78, 5) is 4.59. The molecule has 2 atom stereocenters. The van der Waals surface area contributed by atoms with Gasteiger partial charge in [0, 0.05) is 6.42 Å². The van der Waals surface area contributed by atoms with Crippen molar-refractivity contribution in [2.24, 2.45) is 5.92 Å². The summed E-state index contributed by atoms with van der Waals surface area (Å²) < 4.78 is 5.41. The van der Waals surface area contributed by atoms with E-state index in [9.17, 15) is 0 Å². The second-order valence-electron chi connectivity index (χ2n) is 5.56. The molecule has 2 aliphatic rings. The number of fused-ring (bicyclic) bond motifs is 1. The summed E-state index contributed by atoms with van der Waals surface area (Å²) in [5.41, 5.74) is 2.77. The average molecular weight is 255 g/mol. The van der Waals surface area contributed by atoms with E-state index in [0.717, 1.165) is 37.6 Å². The minimum Gasteiger partial charge on any atom is -0.339 e. The highest BCUT2D eigenvalue weighted by Crippen LogP contribution is 2.38. The molecule has 1 saturated heterocycles. The van der Waals surface area contributed by atoms with E-state index in [1.54, 1.807) is 0 Å². The number of aromatic nitrogens is 2. The summed E-state index contributed by atoms with van der Waals surface area (Å²) in [5.74, 6) is 2.66. The number of hydrogen-bond acceptors (Lipinski definition) is 4. The molecule has 1 aromatic carbocycles. The highest BCUT2D eigenvalue weighted by atomic mass is 16.5. The molecule has 0 spiro atoms. The molecule has 1 aromatic heterocycles. The van der Waals surface area contributed by atoms with E-state index >= 15 is 0 Å².